The molecule has 2 amide bonds. The van der Waals surface area contributed by atoms with E-state index in [1.807, 2.05) is 13.8 Å². The van der Waals surface area contributed by atoms with Crippen LogP contribution in [0.15, 0.2) is 30.5 Å². The van der Waals surface area contributed by atoms with Gasteiger partial charge in [0.05, 0.1) is 23.1 Å². The number of halogens is 1. The molecule has 1 aliphatic heterocycles. The van der Waals surface area contributed by atoms with Gasteiger partial charge in [0.15, 0.2) is 0 Å². The SMILES string of the molecule is CCCNC(=O)C1CCN(C(=O)c2cnn(-c3ccc(F)cc3)c2CC)CC1. The fourth-order valence-electron chi connectivity index (χ4n) is 3.61. The van der Waals surface area contributed by atoms with Crippen molar-refractivity contribution in [2.45, 2.75) is 39.5 Å². The van der Waals surface area contributed by atoms with Crippen LogP contribution in [-0.2, 0) is 11.2 Å². The highest BCUT2D eigenvalue weighted by Crippen LogP contribution is 2.22. The number of hydrogen-bond acceptors (Lipinski definition) is 3. The van der Waals surface area contributed by atoms with Crippen LogP contribution in [0.5, 0.6) is 0 Å². The van der Waals surface area contributed by atoms with Gasteiger partial charge in [-0.05, 0) is 49.9 Å². The number of hydrogen-bond donors (Lipinski definition) is 1. The molecule has 1 N–H and O–H groups in total. The molecule has 7 heteroatoms. The lowest BCUT2D eigenvalue weighted by molar-refractivity contribution is -0.126. The van der Waals surface area contributed by atoms with Crippen LogP contribution in [0.4, 0.5) is 4.39 Å². The van der Waals surface area contributed by atoms with Gasteiger partial charge in [-0.15, -0.1) is 0 Å². The summed E-state index contributed by atoms with van der Waals surface area (Å²) >= 11 is 0. The van der Waals surface area contributed by atoms with Crippen molar-refractivity contribution in [2.24, 2.45) is 5.92 Å². The van der Waals surface area contributed by atoms with Gasteiger partial charge in [0.25, 0.3) is 5.91 Å². The second-order valence-corrected chi connectivity index (χ2v) is 7.10. The Kier molecular flexibility index (Phi) is 6.44. The minimum absolute atomic E-state index is 0.0248. The van der Waals surface area contributed by atoms with Gasteiger partial charge in [0.1, 0.15) is 5.82 Å². The van der Waals surface area contributed by atoms with Crippen molar-refractivity contribution in [3.05, 3.63) is 47.5 Å². The molecule has 1 aromatic heterocycles. The first-order valence-electron chi connectivity index (χ1n) is 9.95. The molecule has 6 nitrogen and oxygen atoms in total. The molecule has 2 aromatic rings. The fraction of sp³-hybridized carbons (Fsp3) is 0.476. The average molecular weight is 386 g/mol. The lowest BCUT2D eigenvalue weighted by Crippen LogP contribution is -2.43. The predicted molar refractivity (Wildman–Crippen MR) is 105 cm³/mol. The zero-order valence-electron chi connectivity index (χ0n) is 16.4. The largest absolute Gasteiger partial charge is 0.356 e. The Bertz CT molecular complexity index is 823. The first kappa shape index (κ1) is 20.0. The van der Waals surface area contributed by atoms with Crippen molar-refractivity contribution < 1.29 is 14.0 Å². The number of rotatable bonds is 6. The zero-order valence-corrected chi connectivity index (χ0v) is 16.4. The van der Waals surface area contributed by atoms with Crippen molar-refractivity contribution in [3.63, 3.8) is 0 Å². The third-order valence-corrected chi connectivity index (χ3v) is 5.21. The minimum atomic E-state index is -0.309. The number of nitrogens with zero attached hydrogens (tertiary/aromatic N) is 3. The smallest absolute Gasteiger partial charge is 0.257 e. The maximum atomic E-state index is 13.2. The molecular weight excluding hydrogens is 359 g/mol. The van der Waals surface area contributed by atoms with Crippen LogP contribution in [0.3, 0.4) is 0 Å². The number of amides is 2. The summed E-state index contributed by atoms with van der Waals surface area (Å²) < 4.78 is 14.9. The standard InChI is InChI=1S/C21H27FN4O2/c1-3-11-23-20(27)15-9-12-25(13-10-15)21(28)18-14-24-26(19(18)4-2)17-7-5-16(22)6-8-17/h5-8,14-15H,3-4,9-13H2,1-2H3,(H,23,27). The van der Waals surface area contributed by atoms with Crippen molar-refractivity contribution >= 4 is 11.8 Å². The van der Waals surface area contributed by atoms with E-state index in [0.717, 1.165) is 17.8 Å². The summed E-state index contributed by atoms with van der Waals surface area (Å²) in [4.78, 5) is 27.0. The molecule has 1 saturated heterocycles. The predicted octanol–water partition coefficient (Wildman–Crippen LogP) is 2.95. The van der Waals surface area contributed by atoms with Crippen LogP contribution in [-0.4, -0.2) is 46.1 Å². The molecule has 150 valence electrons. The van der Waals surface area contributed by atoms with Crippen LogP contribution in [0.25, 0.3) is 5.69 Å². The molecule has 1 aliphatic rings. The number of likely N-dealkylation sites (tertiary alicyclic amines) is 1. The Hall–Kier alpha value is -2.70. The van der Waals surface area contributed by atoms with Crippen molar-refractivity contribution in [2.75, 3.05) is 19.6 Å². The summed E-state index contributed by atoms with van der Waals surface area (Å²) in [5.41, 5.74) is 2.10. The Morgan fingerprint density at radius 3 is 2.46 bits per heavy atom. The molecule has 3 rings (SSSR count). The number of nitrogens with one attached hydrogen (secondary N) is 1. The van der Waals surface area contributed by atoms with E-state index in [1.165, 1.54) is 12.1 Å². The van der Waals surface area contributed by atoms with Gasteiger partial charge in [-0.1, -0.05) is 13.8 Å². The topological polar surface area (TPSA) is 67.2 Å². The highest BCUT2D eigenvalue weighted by Gasteiger charge is 2.29. The molecule has 1 fully saturated rings. The third kappa shape index (κ3) is 4.24. The van der Waals surface area contributed by atoms with Crippen molar-refractivity contribution in [1.82, 2.24) is 20.0 Å². The maximum Gasteiger partial charge on any atom is 0.257 e. The van der Waals surface area contributed by atoms with E-state index in [4.69, 9.17) is 0 Å². The van der Waals surface area contributed by atoms with Crippen LogP contribution in [0, 0.1) is 11.7 Å². The first-order valence-corrected chi connectivity index (χ1v) is 9.95. The van der Waals surface area contributed by atoms with E-state index in [1.54, 1.807) is 27.9 Å². The van der Waals surface area contributed by atoms with Crippen LogP contribution in [0.2, 0.25) is 0 Å². The Balaban J connectivity index is 1.70. The molecule has 0 saturated carbocycles. The highest BCUT2D eigenvalue weighted by atomic mass is 19.1. The van der Waals surface area contributed by atoms with Gasteiger partial charge in [-0.2, -0.15) is 5.10 Å². The number of benzene rings is 1. The summed E-state index contributed by atoms with van der Waals surface area (Å²) in [5.74, 6) is -0.302. The number of carbonyl (C=O) groups is 2. The quantitative estimate of drug-likeness (QED) is 0.830. The van der Waals surface area contributed by atoms with Gasteiger partial charge in [0.2, 0.25) is 5.91 Å². The van der Waals surface area contributed by atoms with Crippen molar-refractivity contribution in [1.29, 1.82) is 0 Å². The Morgan fingerprint density at radius 2 is 1.86 bits per heavy atom. The minimum Gasteiger partial charge on any atom is -0.356 e. The lowest BCUT2D eigenvalue weighted by Gasteiger charge is -2.31. The second kappa shape index (κ2) is 8.99. The molecule has 0 radical (unpaired) electrons. The summed E-state index contributed by atoms with van der Waals surface area (Å²) in [5, 5.41) is 7.30. The van der Waals surface area contributed by atoms with E-state index in [-0.39, 0.29) is 23.5 Å². The summed E-state index contributed by atoms with van der Waals surface area (Å²) in [7, 11) is 0. The lowest BCUT2D eigenvalue weighted by atomic mass is 9.95. The summed E-state index contributed by atoms with van der Waals surface area (Å²) in [6.07, 6.45) is 4.49. The molecule has 2 heterocycles. The van der Waals surface area contributed by atoms with E-state index >= 15 is 0 Å². The van der Waals surface area contributed by atoms with Gasteiger partial charge < -0.3 is 10.2 Å². The zero-order chi connectivity index (χ0) is 20.1. The van der Waals surface area contributed by atoms with Gasteiger partial charge in [-0.25, -0.2) is 9.07 Å². The van der Waals surface area contributed by atoms with Crippen LogP contribution < -0.4 is 5.32 Å². The first-order chi connectivity index (χ1) is 13.5. The summed E-state index contributed by atoms with van der Waals surface area (Å²) in [6.45, 7) is 5.82. The maximum absolute atomic E-state index is 13.2. The highest BCUT2D eigenvalue weighted by molar-refractivity contribution is 5.95. The van der Waals surface area contributed by atoms with Crippen LogP contribution in [0.1, 0.15) is 49.2 Å². The van der Waals surface area contributed by atoms with Crippen molar-refractivity contribution in [3.8, 4) is 5.69 Å². The molecule has 1 aromatic carbocycles. The molecule has 0 spiro atoms. The number of piperidine rings is 1. The fourth-order valence-corrected chi connectivity index (χ4v) is 3.61. The van der Waals surface area contributed by atoms with E-state index in [0.29, 0.717) is 44.5 Å². The molecule has 0 aliphatic carbocycles. The third-order valence-electron chi connectivity index (χ3n) is 5.21. The van der Waals surface area contributed by atoms with E-state index < -0.39 is 0 Å². The van der Waals surface area contributed by atoms with Gasteiger partial charge >= 0.3 is 0 Å². The number of carbonyl (C=O) groups excluding carboxylic acids is 2. The number of aromatic nitrogens is 2. The Morgan fingerprint density at radius 1 is 1.18 bits per heavy atom. The van der Waals surface area contributed by atoms with E-state index in [9.17, 15) is 14.0 Å². The van der Waals surface area contributed by atoms with Gasteiger partial charge in [-0.3, -0.25) is 9.59 Å². The van der Waals surface area contributed by atoms with Crippen LogP contribution >= 0.6 is 0 Å². The molecule has 0 bridgehead atoms. The molecular formula is C21H27FN4O2. The Labute approximate surface area is 164 Å². The summed E-state index contributed by atoms with van der Waals surface area (Å²) in [6, 6.07) is 6.06. The van der Waals surface area contributed by atoms with Gasteiger partial charge in [0, 0.05) is 25.6 Å². The average Bonchev–Trinajstić information content (AvgIpc) is 3.16. The van der Waals surface area contributed by atoms with E-state index in [2.05, 4.69) is 10.4 Å². The monoisotopic (exact) mass is 386 g/mol. The molecule has 0 atom stereocenters. The second-order valence-electron chi connectivity index (χ2n) is 7.10. The molecule has 0 unspecified atom stereocenters. The normalized spacial score (nSPS) is 14.9. The molecule has 28 heavy (non-hydrogen) atoms.